The SMILES string of the molecule is CN=C(NCc1cnn(C)c1)NC(C)c1ccccc1.I. The van der Waals surface area contributed by atoms with Crippen LogP contribution in [-0.2, 0) is 13.6 Å². The second kappa shape index (κ2) is 8.66. The minimum absolute atomic E-state index is 0. The van der Waals surface area contributed by atoms with Crippen molar-refractivity contribution in [2.75, 3.05) is 7.05 Å². The fourth-order valence-corrected chi connectivity index (χ4v) is 1.97. The van der Waals surface area contributed by atoms with Crippen LogP contribution in [0.15, 0.2) is 47.7 Å². The predicted molar refractivity (Wildman–Crippen MR) is 96.8 cm³/mol. The molecule has 2 N–H and O–H groups in total. The number of benzene rings is 1. The minimum Gasteiger partial charge on any atom is -0.352 e. The summed E-state index contributed by atoms with van der Waals surface area (Å²) in [6, 6.07) is 10.5. The van der Waals surface area contributed by atoms with Crippen LogP contribution >= 0.6 is 24.0 Å². The number of hydrogen-bond donors (Lipinski definition) is 2. The van der Waals surface area contributed by atoms with Gasteiger partial charge in [0.2, 0.25) is 0 Å². The number of aromatic nitrogens is 2. The van der Waals surface area contributed by atoms with Gasteiger partial charge in [0.1, 0.15) is 0 Å². The van der Waals surface area contributed by atoms with Crippen LogP contribution in [0.2, 0.25) is 0 Å². The van der Waals surface area contributed by atoms with E-state index in [0.29, 0.717) is 6.54 Å². The molecule has 0 saturated carbocycles. The molecule has 2 rings (SSSR count). The molecule has 0 aliphatic heterocycles. The lowest BCUT2D eigenvalue weighted by Crippen LogP contribution is -2.38. The lowest BCUT2D eigenvalue weighted by Gasteiger charge is -2.18. The largest absolute Gasteiger partial charge is 0.352 e. The fraction of sp³-hybridized carbons (Fsp3) is 0.333. The molecule has 0 saturated heterocycles. The first-order valence-electron chi connectivity index (χ1n) is 6.68. The van der Waals surface area contributed by atoms with Gasteiger partial charge in [-0.3, -0.25) is 9.67 Å². The van der Waals surface area contributed by atoms with Crippen LogP contribution in [0.4, 0.5) is 0 Å². The molecule has 0 aliphatic carbocycles. The zero-order valence-electron chi connectivity index (χ0n) is 12.6. The van der Waals surface area contributed by atoms with Gasteiger partial charge in [0.25, 0.3) is 0 Å². The number of aryl methyl sites for hydroxylation is 1. The summed E-state index contributed by atoms with van der Waals surface area (Å²) in [5, 5.41) is 10.8. The van der Waals surface area contributed by atoms with Crippen LogP contribution in [0.3, 0.4) is 0 Å². The molecule has 0 bridgehead atoms. The molecular formula is C15H22IN5. The Bertz CT molecular complexity index is 564. The van der Waals surface area contributed by atoms with E-state index in [0.717, 1.165) is 11.5 Å². The third-order valence-electron chi connectivity index (χ3n) is 3.09. The molecule has 1 unspecified atom stereocenters. The van der Waals surface area contributed by atoms with Crippen molar-refractivity contribution in [1.82, 2.24) is 20.4 Å². The van der Waals surface area contributed by atoms with Crippen molar-refractivity contribution in [1.29, 1.82) is 0 Å². The van der Waals surface area contributed by atoms with Crippen molar-refractivity contribution in [2.24, 2.45) is 12.0 Å². The highest BCUT2D eigenvalue weighted by molar-refractivity contribution is 14.0. The summed E-state index contributed by atoms with van der Waals surface area (Å²) in [5.74, 6) is 0.783. The van der Waals surface area contributed by atoms with Crippen LogP contribution in [0.5, 0.6) is 0 Å². The third-order valence-corrected chi connectivity index (χ3v) is 3.09. The van der Waals surface area contributed by atoms with E-state index in [1.54, 1.807) is 11.7 Å². The summed E-state index contributed by atoms with van der Waals surface area (Å²) in [6.07, 6.45) is 3.84. The summed E-state index contributed by atoms with van der Waals surface area (Å²) in [7, 11) is 3.68. The summed E-state index contributed by atoms with van der Waals surface area (Å²) >= 11 is 0. The monoisotopic (exact) mass is 399 g/mol. The Morgan fingerprint density at radius 3 is 2.62 bits per heavy atom. The molecule has 5 nitrogen and oxygen atoms in total. The Morgan fingerprint density at radius 2 is 2.05 bits per heavy atom. The second-order valence-corrected chi connectivity index (χ2v) is 4.72. The molecule has 1 aromatic heterocycles. The topological polar surface area (TPSA) is 54.2 Å². The van der Waals surface area contributed by atoms with E-state index in [1.165, 1.54) is 5.56 Å². The normalized spacial score (nSPS) is 12.4. The van der Waals surface area contributed by atoms with Crippen LogP contribution in [0, 0.1) is 0 Å². The highest BCUT2D eigenvalue weighted by Gasteiger charge is 2.07. The van der Waals surface area contributed by atoms with Gasteiger partial charge in [-0.05, 0) is 12.5 Å². The molecule has 1 heterocycles. The van der Waals surface area contributed by atoms with Crippen molar-refractivity contribution in [3.63, 3.8) is 0 Å². The Kier molecular flexibility index (Phi) is 7.21. The maximum absolute atomic E-state index is 4.24. The number of guanidine groups is 1. The molecule has 2 aromatic rings. The molecule has 1 atom stereocenters. The molecule has 6 heteroatoms. The quantitative estimate of drug-likeness (QED) is 0.472. The van der Waals surface area contributed by atoms with Crippen molar-refractivity contribution in [3.8, 4) is 0 Å². The van der Waals surface area contributed by atoms with Crippen LogP contribution < -0.4 is 10.6 Å². The van der Waals surface area contributed by atoms with E-state index in [-0.39, 0.29) is 30.0 Å². The molecule has 0 spiro atoms. The zero-order valence-corrected chi connectivity index (χ0v) is 14.9. The van der Waals surface area contributed by atoms with Gasteiger partial charge < -0.3 is 10.6 Å². The number of nitrogens with zero attached hydrogens (tertiary/aromatic N) is 3. The van der Waals surface area contributed by atoms with Crippen LogP contribution in [-0.4, -0.2) is 22.8 Å². The summed E-state index contributed by atoms with van der Waals surface area (Å²) < 4.78 is 1.79. The Morgan fingerprint density at radius 1 is 1.33 bits per heavy atom. The summed E-state index contributed by atoms with van der Waals surface area (Å²) in [4.78, 5) is 4.24. The summed E-state index contributed by atoms with van der Waals surface area (Å²) in [5.41, 5.74) is 2.36. The lowest BCUT2D eigenvalue weighted by molar-refractivity contribution is 0.685. The van der Waals surface area contributed by atoms with Gasteiger partial charge >= 0.3 is 0 Å². The average Bonchev–Trinajstić information content (AvgIpc) is 2.89. The highest BCUT2D eigenvalue weighted by Crippen LogP contribution is 2.10. The Balaban J connectivity index is 0.00000220. The molecule has 21 heavy (non-hydrogen) atoms. The number of halogens is 1. The maximum Gasteiger partial charge on any atom is 0.191 e. The highest BCUT2D eigenvalue weighted by atomic mass is 127. The molecule has 1 aromatic carbocycles. The lowest BCUT2D eigenvalue weighted by atomic mass is 10.1. The van der Waals surface area contributed by atoms with E-state index in [2.05, 4.69) is 39.8 Å². The van der Waals surface area contributed by atoms with Gasteiger partial charge in [0.15, 0.2) is 5.96 Å². The molecule has 0 radical (unpaired) electrons. The van der Waals surface area contributed by atoms with Crippen LogP contribution in [0.25, 0.3) is 0 Å². The molecule has 0 fully saturated rings. The molecular weight excluding hydrogens is 377 g/mol. The van der Waals surface area contributed by atoms with Gasteiger partial charge in [-0.15, -0.1) is 24.0 Å². The summed E-state index contributed by atoms with van der Waals surface area (Å²) in [6.45, 7) is 2.82. The van der Waals surface area contributed by atoms with E-state index in [9.17, 15) is 0 Å². The molecule has 0 amide bonds. The van der Waals surface area contributed by atoms with Gasteiger partial charge in [-0.2, -0.15) is 5.10 Å². The van der Waals surface area contributed by atoms with Crippen molar-refractivity contribution < 1.29 is 0 Å². The van der Waals surface area contributed by atoms with Gasteiger partial charge in [-0.1, -0.05) is 30.3 Å². The van der Waals surface area contributed by atoms with E-state index < -0.39 is 0 Å². The van der Waals surface area contributed by atoms with Crippen molar-refractivity contribution >= 4 is 29.9 Å². The van der Waals surface area contributed by atoms with Crippen LogP contribution in [0.1, 0.15) is 24.1 Å². The number of rotatable bonds is 4. The second-order valence-electron chi connectivity index (χ2n) is 4.72. The first-order valence-corrected chi connectivity index (χ1v) is 6.68. The third kappa shape index (κ3) is 5.37. The van der Waals surface area contributed by atoms with E-state index in [4.69, 9.17) is 0 Å². The maximum atomic E-state index is 4.24. The minimum atomic E-state index is 0. The fourth-order valence-electron chi connectivity index (χ4n) is 1.97. The van der Waals surface area contributed by atoms with E-state index in [1.807, 2.05) is 37.6 Å². The average molecular weight is 399 g/mol. The number of hydrogen-bond acceptors (Lipinski definition) is 2. The first kappa shape index (κ1) is 17.5. The van der Waals surface area contributed by atoms with Gasteiger partial charge in [0.05, 0.1) is 12.2 Å². The molecule has 114 valence electrons. The standard InChI is InChI=1S/C15H21N5.HI/c1-12(14-7-5-4-6-8-14)19-15(16-2)17-9-13-10-18-20(3)11-13;/h4-8,10-12H,9H2,1-3H3,(H2,16,17,19);1H. The number of aliphatic imine (C=N–C) groups is 1. The van der Waals surface area contributed by atoms with Gasteiger partial charge in [-0.25, -0.2) is 0 Å². The van der Waals surface area contributed by atoms with E-state index >= 15 is 0 Å². The smallest absolute Gasteiger partial charge is 0.191 e. The molecule has 0 aliphatic rings. The zero-order chi connectivity index (χ0) is 14.4. The number of nitrogens with one attached hydrogen (secondary N) is 2. The van der Waals surface area contributed by atoms with Crippen molar-refractivity contribution in [3.05, 3.63) is 53.9 Å². The first-order chi connectivity index (χ1) is 9.69. The predicted octanol–water partition coefficient (Wildman–Crippen LogP) is 2.46. The Labute approximate surface area is 142 Å². The van der Waals surface area contributed by atoms with Crippen molar-refractivity contribution in [2.45, 2.75) is 19.5 Å². The Hall–Kier alpha value is -1.57. The van der Waals surface area contributed by atoms with Gasteiger partial charge in [0, 0.05) is 32.4 Å².